The van der Waals surface area contributed by atoms with Crippen molar-refractivity contribution >= 4 is 29.3 Å². The first-order chi connectivity index (χ1) is 20.3. The maximum absolute atomic E-state index is 13.3. The summed E-state index contributed by atoms with van der Waals surface area (Å²) in [6, 6.07) is 5.88. The maximum atomic E-state index is 13.3. The van der Waals surface area contributed by atoms with E-state index in [1.165, 1.54) is 11.9 Å². The molecule has 2 bridgehead atoms. The largest absolute Gasteiger partial charge is 0.477 e. The third kappa shape index (κ3) is 7.10. The van der Waals surface area contributed by atoms with Crippen molar-refractivity contribution in [3.63, 3.8) is 0 Å². The Kier molecular flexibility index (Phi) is 8.98. The maximum Gasteiger partial charge on any atom is 0.394 e. The summed E-state index contributed by atoms with van der Waals surface area (Å²) in [6.07, 6.45) is 1.87. The fourth-order valence-corrected chi connectivity index (χ4v) is 6.78. The second kappa shape index (κ2) is 12.2. The number of nitrogens with zero attached hydrogens (tertiary/aromatic N) is 5. The first-order valence-corrected chi connectivity index (χ1v) is 16.2. The molecule has 12 heteroatoms. The van der Waals surface area contributed by atoms with E-state index in [4.69, 9.17) is 14.7 Å². The molecule has 3 atom stereocenters. The van der Waals surface area contributed by atoms with Crippen molar-refractivity contribution in [2.24, 2.45) is 16.3 Å². The molecule has 5 rings (SSSR count). The van der Waals surface area contributed by atoms with Gasteiger partial charge in [0.25, 0.3) is 0 Å². The number of hydrogen-bond acceptors (Lipinski definition) is 8. The zero-order valence-electron chi connectivity index (χ0n) is 25.8. The lowest BCUT2D eigenvalue weighted by molar-refractivity contribution is -0.190. The number of anilines is 1. The van der Waals surface area contributed by atoms with Crippen molar-refractivity contribution in [2.45, 2.75) is 103 Å². The van der Waals surface area contributed by atoms with Gasteiger partial charge in [-0.3, -0.25) is 4.99 Å². The number of aromatic nitrogens is 3. The van der Waals surface area contributed by atoms with Crippen molar-refractivity contribution in [2.75, 3.05) is 18.1 Å². The van der Waals surface area contributed by atoms with E-state index in [-0.39, 0.29) is 42.7 Å². The van der Waals surface area contributed by atoms with Crippen LogP contribution in [0.4, 0.5) is 19.0 Å². The Labute approximate surface area is 257 Å². The van der Waals surface area contributed by atoms with Crippen LogP contribution in [0.5, 0.6) is 5.88 Å². The Balaban J connectivity index is 1.39. The van der Waals surface area contributed by atoms with Gasteiger partial charge in [-0.15, -0.1) is 5.10 Å². The van der Waals surface area contributed by atoms with Crippen LogP contribution in [-0.2, 0) is 0 Å². The molecule has 3 unspecified atom stereocenters. The number of nitrogens with one attached hydrogen (secondary N) is 2. The molecule has 0 aromatic carbocycles. The first kappa shape index (κ1) is 31.5. The molecule has 3 aliphatic rings. The molecule has 0 amide bonds. The Bertz CT molecular complexity index is 1340. The zero-order valence-corrected chi connectivity index (χ0v) is 26.6. The average molecular weight is 620 g/mol. The number of ether oxygens (including phenoxy) is 1. The van der Waals surface area contributed by atoms with Crippen LogP contribution < -0.4 is 19.7 Å². The van der Waals surface area contributed by atoms with E-state index in [1.54, 1.807) is 16.9 Å². The van der Waals surface area contributed by atoms with Crippen LogP contribution in [0.25, 0.3) is 11.5 Å². The SMILES string of the molecule is C=C1NSC(C)/N=C(\CC)NC(C)CCC2CN(c3nc(-n4ccc(OCCC5(C(F)(F)F)CC5)n4)ccc31)C(C)(C)C2. The number of hydrogen-bond donors (Lipinski definition) is 2. The van der Waals surface area contributed by atoms with Crippen molar-refractivity contribution in [3.8, 4) is 11.7 Å². The molecule has 2 aromatic rings. The lowest BCUT2D eigenvalue weighted by atomic mass is 9.92. The van der Waals surface area contributed by atoms with E-state index < -0.39 is 11.6 Å². The molecule has 0 radical (unpaired) electrons. The van der Waals surface area contributed by atoms with E-state index in [9.17, 15) is 13.2 Å². The van der Waals surface area contributed by atoms with E-state index in [1.807, 2.05) is 12.1 Å². The molecule has 2 fully saturated rings. The third-order valence-electron chi connectivity index (χ3n) is 8.93. The minimum Gasteiger partial charge on any atom is -0.477 e. The van der Waals surface area contributed by atoms with Gasteiger partial charge in [-0.05, 0) is 96.2 Å². The van der Waals surface area contributed by atoms with Crippen LogP contribution in [0, 0.1) is 11.3 Å². The summed E-state index contributed by atoms with van der Waals surface area (Å²) in [5.41, 5.74) is -0.0573. The molecule has 1 aliphatic carbocycles. The van der Waals surface area contributed by atoms with Gasteiger partial charge in [0.2, 0.25) is 5.88 Å². The number of aliphatic imine (C=N–C) groups is 1. The second-order valence-corrected chi connectivity index (χ2v) is 14.0. The van der Waals surface area contributed by atoms with Gasteiger partial charge >= 0.3 is 6.18 Å². The summed E-state index contributed by atoms with van der Waals surface area (Å²) >= 11 is 1.51. The summed E-state index contributed by atoms with van der Waals surface area (Å²) in [6.45, 7) is 16.1. The molecule has 2 aliphatic heterocycles. The van der Waals surface area contributed by atoms with Crippen molar-refractivity contribution in [1.82, 2.24) is 24.8 Å². The summed E-state index contributed by atoms with van der Waals surface area (Å²) < 4.78 is 50.5. The van der Waals surface area contributed by atoms with Crippen LogP contribution in [-0.4, -0.2) is 56.9 Å². The van der Waals surface area contributed by atoms with Crippen molar-refractivity contribution in [1.29, 1.82) is 0 Å². The van der Waals surface area contributed by atoms with Gasteiger partial charge in [0, 0.05) is 48.1 Å². The highest BCUT2D eigenvalue weighted by molar-refractivity contribution is 7.98. The molecule has 1 saturated carbocycles. The van der Waals surface area contributed by atoms with E-state index >= 15 is 0 Å². The summed E-state index contributed by atoms with van der Waals surface area (Å²) in [5, 5.41) is 8.09. The molecule has 2 aromatic heterocycles. The summed E-state index contributed by atoms with van der Waals surface area (Å²) in [4.78, 5) is 12.4. The highest BCUT2D eigenvalue weighted by Crippen LogP contribution is 2.59. The first-order valence-electron chi connectivity index (χ1n) is 15.3. The van der Waals surface area contributed by atoms with Gasteiger partial charge < -0.3 is 19.7 Å². The topological polar surface area (TPSA) is 79.6 Å². The Hall–Kier alpha value is -2.89. The summed E-state index contributed by atoms with van der Waals surface area (Å²) in [7, 11) is 0. The Morgan fingerprint density at radius 2 is 1.93 bits per heavy atom. The molecule has 2 N–H and O–H groups in total. The van der Waals surface area contributed by atoms with Gasteiger partial charge in [-0.1, -0.05) is 13.5 Å². The van der Waals surface area contributed by atoms with E-state index in [0.29, 0.717) is 17.8 Å². The van der Waals surface area contributed by atoms with Crippen molar-refractivity contribution < 1.29 is 17.9 Å². The average Bonchev–Trinajstić information content (AvgIpc) is 3.50. The Morgan fingerprint density at radius 1 is 1.16 bits per heavy atom. The molecule has 236 valence electrons. The highest BCUT2D eigenvalue weighted by Gasteiger charge is 2.62. The molecule has 8 nitrogen and oxygen atoms in total. The smallest absolute Gasteiger partial charge is 0.394 e. The summed E-state index contributed by atoms with van der Waals surface area (Å²) in [5.74, 6) is 3.24. The molecule has 1 saturated heterocycles. The van der Waals surface area contributed by atoms with Gasteiger partial charge in [0.1, 0.15) is 11.2 Å². The van der Waals surface area contributed by atoms with Crippen molar-refractivity contribution in [3.05, 3.63) is 36.5 Å². The number of amidine groups is 1. The van der Waals surface area contributed by atoms with Gasteiger partial charge in [0.15, 0.2) is 5.82 Å². The highest BCUT2D eigenvalue weighted by atomic mass is 32.2. The quantitative estimate of drug-likeness (QED) is 0.334. The monoisotopic (exact) mass is 619 g/mol. The van der Waals surface area contributed by atoms with Crippen LogP contribution >= 0.6 is 11.9 Å². The standard InChI is InChI=1S/C31H44F3N7OS/c1-7-25-35-20(2)8-9-23-18-29(5,6)40(19-23)28-24(21(3)39-43-22(4)36-25)10-11-26(37-28)41-16-12-27(38-41)42-17-15-30(13-14-30)31(32,33)34/h10-12,16,20,22-23,39H,3,7-9,13-15,17-19H2,1-2,4-6H3,(H,35,36). The number of pyridine rings is 1. The zero-order chi connectivity index (χ0) is 31.0. The third-order valence-corrected chi connectivity index (χ3v) is 9.74. The van der Waals surface area contributed by atoms with Crippen LogP contribution in [0.1, 0.15) is 85.1 Å². The van der Waals surface area contributed by atoms with E-state index in [0.717, 1.165) is 55.1 Å². The van der Waals surface area contributed by atoms with Crippen LogP contribution in [0.15, 0.2) is 36.0 Å². The fraction of sp³-hybridized carbons (Fsp3) is 0.645. The minimum absolute atomic E-state index is 0.0196. The number of alkyl halides is 3. The molecule has 4 heterocycles. The minimum atomic E-state index is -4.19. The number of rotatable bonds is 6. The van der Waals surface area contributed by atoms with Gasteiger partial charge in [0.05, 0.1) is 17.9 Å². The van der Waals surface area contributed by atoms with Gasteiger partial charge in [-0.25, -0.2) is 9.67 Å². The van der Waals surface area contributed by atoms with Crippen LogP contribution in [0.3, 0.4) is 0 Å². The second-order valence-electron chi connectivity index (χ2n) is 12.9. The van der Waals surface area contributed by atoms with E-state index in [2.05, 4.69) is 61.2 Å². The van der Waals surface area contributed by atoms with Gasteiger partial charge in [-0.2, -0.15) is 13.2 Å². The Morgan fingerprint density at radius 3 is 2.63 bits per heavy atom. The predicted molar refractivity (Wildman–Crippen MR) is 168 cm³/mol. The molecular formula is C31H44F3N7OS. The number of halogens is 3. The number of fused-ring (bicyclic) bond motifs is 4. The lowest BCUT2D eigenvalue weighted by Crippen LogP contribution is -2.39. The molecule has 43 heavy (non-hydrogen) atoms. The lowest BCUT2D eigenvalue weighted by Gasteiger charge is -2.34. The van der Waals surface area contributed by atoms with Crippen LogP contribution in [0.2, 0.25) is 0 Å². The normalized spacial score (nSPS) is 26.7. The molecular weight excluding hydrogens is 575 g/mol. The molecule has 0 spiro atoms. The fourth-order valence-electron chi connectivity index (χ4n) is 6.18. The predicted octanol–water partition coefficient (Wildman–Crippen LogP) is 7.12.